The second-order valence-corrected chi connectivity index (χ2v) is 13.5. The summed E-state index contributed by atoms with van der Waals surface area (Å²) in [7, 11) is 0. The van der Waals surface area contributed by atoms with Gasteiger partial charge in [0.1, 0.15) is 12.6 Å². The highest BCUT2D eigenvalue weighted by Gasteiger charge is 2.43. The number of hydrogen-bond donors (Lipinski definition) is 1. The molecule has 2 aliphatic heterocycles. The molecule has 1 aliphatic carbocycles. The van der Waals surface area contributed by atoms with Crippen LogP contribution in [0.1, 0.15) is 79.3 Å². The fourth-order valence-electron chi connectivity index (χ4n) is 8.17. The molecule has 3 atom stereocenters. The molecule has 1 N–H and O–H groups in total. The molecule has 0 bridgehead atoms. The number of halogens is 3. The van der Waals surface area contributed by atoms with Crippen molar-refractivity contribution in [3.8, 4) is 0 Å². The molecule has 3 aliphatic rings. The number of likely N-dealkylation sites (tertiary alicyclic amines) is 2. The first-order chi connectivity index (χ1) is 21.7. The summed E-state index contributed by atoms with van der Waals surface area (Å²) in [5, 5.41) is 14.8. The number of aromatic nitrogens is 2. The summed E-state index contributed by atoms with van der Waals surface area (Å²) in [6, 6.07) is 21.6. The van der Waals surface area contributed by atoms with Gasteiger partial charge in [-0.3, -0.25) is 14.4 Å². The molecule has 0 amide bonds. The predicted molar refractivity (Wildman–Crippen MR) is 168 cm³/mol. The SMILES string of the molecule is O=C(O)[C@@H](C1CCCCC1)N1CC(c2ccccc2)[C@@H](CN2CCC(c3cc(Cc4ccccc4)n(CC(F)(F)F)n3)CC2)C1. The van der Waals surface area contributed by atoms with Crippen molar-refractivity contribution in [2.45, 2.75) is 82.0 Å². The minimum atomic E-state index is -4.33. The summed E-state index contributed by atoms with van der Waals surface area (Å²) >= 11 is 0. The minimum absolute atomic E-state index is 0.123. The van der Waals surface area contributed by atoms with E-state index in [1.807, 2.05) is 42.5 Å². The zero-order chi connectivity index (χ0) is 31.4. The van der Waals surface area contributed by atoms with Gasteiger partial charge in [-0.15, -0.1) is 0 Å². The lowest BCUT2D eigenvalue weighted by Crippen LogP contribution is -2.46. The van der Waals surface area contributed by atoms with Crippen molar-refractivity contribution in [3.63, 3.8) is 0 Å². The van der Waals surface area contributed by atoms with Gasteiger partial charge in [-0.25, -0.2) is 0 Å². The Morgan fingerprint density at radius 2 is 1.58 bits per heavy atom. The lowest BCUT2D eigenvalue weighted by Gasteiger charge is -2.35. The Kier molecular flexibility index (Phi) is 9.95. The van der Waals surface area contributed by atoms with E-state index >= 15 is 0 Å². The van der Waals surface area contributed by atoms with Crippen LogP contribution in [0.3, 0.4) is 0 Å². The Hall–Kier alpha value is -3.17. The largest absolute Gasteiger partial charge is 0.480 e. The van der Waals surface area contributed by atoms with Crippen molar-refractivity contribution < 1.29 is 23.1 Å². The van der Waals surface area contributed by atoms with Gasteiger partial charge in [0.15, 0.2) is 0 Å². The lowest BCUT2D eigenvalue weighted by molar-refractivity contribution is -0.146. The van der Waals surface area contributed by atoms with Crippen molar-refractivity contribution in [1.29, 1.82) is 0 Å². The van der Waals surface area contributed by atoms with Gasteiger partial charge in [0, 0.05) is 43.6 Å². The van der Waals surface area contributed by atoms with E-state index in [9.17, 15) is 23.1 Å². The molecule has 1 unspecified atom stereocenters. The molecule has 9 heteroatoms. The number of benzene rings is 2. The van der Waals surface area contributed by atoms with Crippen LogP contribution in [0.25, 0.3) is 0 Å². The lowest BCUT2D eigenvalue weighted by atomic mass is 9.83. The van der Waals surface area contributed by atoms with Gasteiger partial charge in [0.05, 0.1) is 5.69 Å². The molecular formula is C36H45F3N4O2. The van der Waals surface area contributed by atoms with E-state index in [0.29, 0.717) is 18.0 Å². The number of alkyl halides is 3. The van der Waals surface area contributed by atoms with Crippen molar-refractivity contribution in [1.82, 2.24) is 19.6 Å². The molecule has 1 saturated carbocycles. The summed E-state index contributed by atoms with van der Waals surface area (Å²) in [5.41, 5.74) is 3.60. The smallest absolute Gasteiger partial charge is 0.408 e. The molecular weight excluding hydrogens is 577 g/mol. The van der Waals surface area contributed by atoms with Crippen molar-refractivity contribution in [3.05, 3.63) is 89.2 Å². The molecule has 3 fully saturated rings. The number of rotatable bonds is 10. The van der Waals surface area contributed by atoms with Crippen molar-refractivity contribution in [2.75, 3.05) is 32.7 Å². The monoisotopic (exact) mass is 622 g/mol. The zero-order valence-electron chi connectivity index (χ0n) is 25.9. The highest BCUT2D eigenvalue weighted by atomic mass is 19.4. The first-order valence-electron chi connectivity index (χ1n) is 16.6. The van der Waals surface area contributed by atoms with Crippen LogP contribution in [0.15, 0.2) is 66.7 Å². The molecule has 0 radical (unpaired) electrons. The third-order valence-electron chi connectivity index (χ3n) is 10.4. The first-order valence-corrected chi connectivity index (χ1v) is 16.6. The second-order valence-electron chi connectivity index (χ2n) is 13.5. The molecule has 2 saturated heterocycles. The van der Waals surface area contributed by atoms with Gasteiger partial charge < -0.3 is 10.0 Å². The number of aliphatic carboxylic acids is 1. The van der Waals surface area contributed by atoms with Gasteiger partial charge in [0.2, 0.25) is 0 Å². The third kappa shape index (κ3) is 7.98. The molecule has 3 aromatic rings. The number of piperidine rings is 1. The van der Waals surface area contributed by atoms with Crippen LogP contribution >= 0.6 is 0 Å². The Labute approximate surface area is 264 Å². The molecule has 1 aromatic heterocycles. The van der Waals surface area contributed by atoms with E-state index < -0.39 is 24.7 Å². The van der Waals surface area contributed by atoms with E-state index in [4.69, 9.17) is 0 Å². The maximum atomic E-state index is 13.4. The maximum Gasteiger partial charge on any atom is 0.408 e. The Balaban J connectivity index is 1.13. The average molecular weight is 623 g/mol. The number of carbonyl (C=O) groups is 1. The summed E-state index contributed by atoms with van der Waals surface area (Å²) in [5.74, 6) is 0.238. The topological polar surface area (TPSA) is 61.6 Å². The predicted octanol–water partition coefficient (Wildman–Crippen LogP) is 6.96. The van der Waals surface area contributed by atoms with Crippen molar-refractivity contribution in [2.24, 2.45) is 11.8 Å². The van der Waals surface area contributed by atoms with E-state index in [1.165, 1.54) is 12.0 Å². The van der Waals surface area contributed by atoms with Crippen LogP contribution in [-0.4, -0.2) is 75.6 Å². The summed E-state index contributed by atoms with van der Waals surface area (Å²) < 4.78 is 41.5. The van der Waals surface area contributed by atoms with Gasteiger partial charge in [0.25, 0.3) is 0 Å². The van der Waals surface area contributed by atoms with Gasteiger partial charge in [-0.1, -0.05) is 79.9 Å². The maximum absolute atomic E-state index is 13.4. The fourth-order valence-corrected chi connectivity index (χ4v) is 8.17. The highest BCUT2D eigenvalue weighted by Crippen LogP contribution is 2.39. The molecule has 45 heavy (non-hydrogen) atoms. The van der Waals surface area contributed by atoms with Crippen LogP contribution < -0.4 is 0 Å². The second kappa shape index (κ2) is 14.1. The van der Waals surface area contributed by atoms with E-state index in [-0.39, 0.29) is 17.8 Å². The Morgan fingerprint density at radius 3 is 2.22 bits per heavy atom. The van der Waals surface area contributed by atoms with Crippen molar-refractivity contribution >= 4 is 5.97 Å². The molecule has 0 spiro atoms. The van der Waals surface area contributed by atoms with Crippen LogP contribution in [0.2, 0.25) is 0 Å². The van der Waals surface area contributed by atoms with Crippen LogP contribution in [0, 0.1) is 11.8 Å². The Bertz CT molecular complexity index is 1380. The minimum Gasteiger partial charge on any atom is -0.480 e. The number of carboxylic acid groups (broad SMARTS) is 1. The van der Waals surface area contributed by atoms with Gasteiger partial charge in [-0.2, -0.15) is 18.3 Å². The third-order valence-corrected chi connectivity index (χ3v) is 10.4. The normalized spacial score (nSPS) is 23.4. The van der Waals surface area contributed by atoms with Crippen LogP contribution in [-0.2, 0) is 17.8 Å². The van der Waals surface area contributed by atoms with Gasteiger partial charge in [-0.05, 0) is 67.8 Å². The number of nitrogens with zero attached hydrogens (tertiary/aromatic N) is 4. The Morgan fingerprint density at radius 1 is 0.911 bits per heavy atom. The van der Waals surface area contributed by atoms with Crippen LogP contribution in [0.4, 0.5) is 13.2 Å². The summed E-state index contributed by atoms with van der Waals surface area (Å²) in [4.78, 5) is 17.3. The molecule has 2 aromatic carbocycles. The van der Waals surface area contributed by atoms with E-state index in [0.717, 1.165) is 87.2 Å². The van der Waals surface area contributed by atoms with Crippen LogP contribution in [0.5, 0.6) is 0 Å². The molecule has 242 valence electrons. The quantitative estimate of drug-likeness (QED) is 0.265. The summed E-state index contributed by atoms with van der Waals surface area (Å²) in [6.07, 6.45) is 3.20. The highest BCUT2D eigenvalue weighted by molar-refractivity contribution is 5.74. The van der Waals surface area contributed by atoms with E-state index in [1.54, 1.807) is 0 Å². The zero-order valence-corrected chi connectivity index (χ0v) is 25.9. The number of carboxylic acids is 1. The number of hydrogen-bond acceptors (Lipinski definition) is 4. The van der Waals surface area contributed by atoms with Gasteiger partial charge >= 0.3 is 12.1 Å². The molecule has 6 rings (SSSR count). The average Bonchev–Trinajstić information content (AvgIpc) is 3.61. The van der Waals surface area contributed by atoms with E-state index in [2.05, 4.69) is 39.2 Å². The summed E-state index contributed by atoms with van der Waals surface area (Å²) in [6.45, 7) is 3.06. The molecule has 6 nitrogen and oxygen atoms in total. The fraction of sp³-hybridized carbons (Fsp3) is 0.556. The molecule has 3 heterocycles. The standard InChI is InChI=1S/C36H45F3N4O2/c37-36(38,39)25-43-31(20-26-10-4-1-5-11-26)21-33(40-43)28-16-18-41(19-17-28)22-30-23-42(24-32(30)27-12-6-2-7-13-27)34(35(44)45)29-14-8-3-9-15-29/h1-2,4-7,10-13,21,28-30,32,34H,3,8-9,14-20,22-25H2,(H,44,45)/t30-,32?,34+/m0/s1. The first kappa shape index (κ1) is 31.8.